The number of anilines is 1. The maximum Gasteiger partial charge on any atom is 0.340 e. The Morgan fingerprint density at radius 3 is 2.26 bits per heavy atom. The first-order valence-corrected chi connectivity index (χ1v) is 13.2. The van der Waals surface area contributed by atoms with Crippen molar-refractivity contribution in [1.82, 2.24) is 9.21 Å². The zero-order chi connectivity index (χ0) is 25.6. The maximum atomic E-state index is 13.1. The largest absolute Gasteiger partial charge is 0.452 e. The van der Waals surface area contributed by atoms with Crippen LogP contribution in [0.15, 0.2) is 47.4 Å². The summed E-state index contributed by atoms with van der Waals surface area (Å²) < 4.78 is 45.8. The van der Waals surface area contributed by atoms with Gasteiger partial charge in [0.2, 0.25) is 10.0 Å². The summed E-state index contributed by atoms with van der Waals surface area (Å²) in [7, 11) is -2.21. The molecule has 1 saturated heterocycles. The van der Waals surface area contributed by atoms with Gasteiger partial charge in [0.05, 0.1) is 16.1 Å². The van der Waals surface area contributed by atoms with E-state index in [2.05, 4.69) is 0 Å². The summed E-state index contributed by atoms with van der Waals surface area (Å²) in [6.07, 6.45) is 1.95. The van der Waals surface area contributed by atoms with Gasteiger partial charge in [-0.2, -0.15) is 4.31 Å². The molecule has 0 bridgehead atoms. The highest BCUT2D eigenvalue weighted by Gasteiger charge is 2.27. The molecule has 0 atom stereocenters. The molecule has 1 aliphatic rings. The molecule has 0 saturated carbocycles. The highest BCUT2D eigenvalue weighted by atomic mass is 32.2. The molecule has 2 aromatic carbocycles. The Balaban J connectivity index is 1.78. The fourth-order valence-corrected chi connectivity index (χ4v) is 5.54. The number of hydrogen-bond acceptors (Lipinski definition) is 6. The van der Waals surface area contributed by atoms with Gasteiger partial charge < -0.3 is 14.5 Å². The number of ether oxygens (including phenoxy) is 1. The van der Waals surface area contributed by atoms with Crippen LogP contribution in [0.1, 0.15) is 42.6 Å². The van der Waals surface area contributed by atoms with E-state index in [0.717, 1.165) is 31.5 Å². The molecule has 0 radical (unpaired) electrons. The molecule has 190 valence electrons. The van der Waals surface area contributed by atoms with Crippen LogP contribution in [0.3, 0.4) is 0 Å². The van der Waals surface area contributed by atoms with Crippen molar-refractivity contribution in [2.24, 2.45) is 0 Å². The fraction of sp³-hybridized carbons (Fsp3) is 0.440. The quantitative estimate of drug-likeness (QED) is 0.461. The molecular formula is C25H32FN3O5S. The summed E-state index contributed by atoms with van der Waals surface area (Å²) >= 11 is 0. The number of nitrogens with zero attached hydrogens (tertiary/aromatic N) is 3. The zero-order valence-corrected chi connectivity index (χ0v) is 21.2. The average molecular weight is 506 g/mol. The second kappa shape index (κ2) is 11.6. The minimum Gasteiger partial charge on any atom is -0.452 e. The molecule has 0 aromatic heterocycles. The summed E-state index contributed by atoms with van der Waals surface area (Å²) in [5, 5.41) is 0. The van der Waals surface area contributed by atoms with Crippen LogP contribution in [-0.2, 0) is 26.1 Å². The first-order valence-electron chi connectivity index (χ1n) is 11.7. The molecule has 0 spiro atoms. The van der Waals surface area contributed by atoms with Crippen molar-refractivity contribution in [3.05, 3.63) is 59.4 Å². The molecule has 8 nitrogen and oxygen atoms in total. The summed E-state index contributed by atoms with van der Waals surface area (Å²) in [6.45, 7) is 5.36. The minimum atomic E-state index is -3.77. The van der Waals surface area contributed by atoms with Gasteiger partial charge in [0.25, 0.3) is 5.91 Å². The van der Waals surface area contributed by atoms with Crippen molar-refractivity contribution < 1.29 is 27.1 Å². The van der Waals surface area contributed by atoms with Crippen LogP contribution in [0.2, 0.25) is 0 Å². The van der Waals surface area contributed by atoms with E-state index in [1.165, 1.54) is 33.5 Å². The Hall–Kier alpha value is -2.98. The lowest BCUT2D eigenvalue weighted by Gasteiger charge is -2.23. The van der Waals surface area contributed by atoms with Crippen LogP contribution in [0, 0.1) is 5.82 Å². The van der Waals surface area contributed by atoms with E-state index >= 15 is 0 Å². The lowest BCUT2D eigenvalue weighted by molar-refractivity contribution is -0.133. The molecular weight excluding hydrogens is 473 g/mol. The average Bonchev–Trinajstić information content (AvgIpc) is 3.38. The second-order valence-corrected chi connectivity index (χ2v) is 10.4. The molecule has 35 heavy (non-hydrogen) atoms. The van der Waals surface area contributed by atoms with E-state index in [1.54, 1.807) is 39.1 Å². The van der Waals surface area contributed by atoms with Gasteiger partial charge in [-0.3, -0.25) is 4.79 Å². The number of esters is 1. The molecule has 1 aliphatic heterocycles. The number of benzene rings is 2. The predicted molar refractivity (Wildman–Crippen MR) is 131 cm³/mol. The monoisotopic (exact) mass is 505 g/mol. The van der Waals surface area contributed by atoms with Crippen molar-refractivity contribution >= 4 is 27.6 Å². The van der Waals surface area contributed by atoms with Gasteiger partial charge in [0.1, 0.15) is 5.82 Å². The number of halogens is 1. The van der Waals surface area contributed by atoms with E-state index in [-0.39, 0.29) is 22.8 Å². The Labute approximate surface area is 206 Å². The van der Waals surface area contributed by atoms with Gasteiger partial charge in [0.15, 0.2) is 6.61 Å². The SMILES string of the molecule is CCN(CC)S(=O)(=O)c1ccc(N2CCCC2)c(C(=O)OCC(=O)N(C)Cc2ccc(F)cc2)c1. The number of carbonyl (C=O) groups is 2. The van der Waals surface area contributed by atoms with Crippen molar-refractivity contribution in [3.63, 3.8) is 0 Å². The summed E-state index contributed by atoms with van der Waals surface area (Å²) in [5.74, 6) is -1.56. The number of sulfonamides is 1. The van der Waals surface area contributed by atoms with Crippen LogP contribution >= 0.6 is 0 Å². The van der Waals surface area contributed by atoms with Crippen LogP contribution in [0.25, 0.3) is 0 Å². The van der Waals surface area contributed by atoms with Gasteiger partial charge >= 0.3 is 5.97 Å². The molecule has 10 heteroatoms. The Morgan fingerprint density at radius 2 is 1.66 bits per heavy atom. The lowest BCUT2D eigenvalue weighted by Crippen LogP contribution is -2.32. The molecule has 0 aliphatic carbocycles. The smallest absolute Gasteiger partial charge is 0.340 e. The number of rotatable bonds is 10. The van der Waals surface area contributed by atoms with E-state index < -0.39 is 28.5 Å². The third kappa shape index (κ3) is 6.37. The maximum absolute atomic E-state index is 13.1. The fourth-order valence-electron chi connectivity index (χ4n) is 4.05. The Morgan fingerprint density at radius 1 is 1.03 bits per heavy atom. The van der Waals surface area contributed by atoms with Gasteiger partial charge in [-0.25, -0.2) is 17.6 Å². The summed E-state index contributed by atoms with van der Waals surface area (Å²) in [4.78, 5) is 29.0. The highest BCUT2D eigenvalue weighted by Crippen LogP contribution is 2.29. The van der Waals surface area contributed by atoms with Gasteiger partial charge in [-0.05, 0) is 48.7 Å². The molecule has 1 heterocycles. The predicted octanol–water partition coefficient (Wildman–Crippen LogP) is 3.27. The van der Waals surface area contributed by atoms with Crippen LogP contribution in [-0.4, -0.2) is 69.3 Å². The third-order valence-electron chi connectivity index (χ3n) is 6.06. The van der Waals surface area contributed by atoms with Crippen molar-refractivity contribution in [2.45, 2.75) is 38.1 Å². The van der Waals surface area contributed by atoms with E-state index in [9.17, 15) is 22.4 Å². The van der Waals surface area contributed by atoms with Gasteiger partial charge in [0, 0.05) is 39.8 Å². The third-order valence-corrected chi connectivity index (χ3v) is 8.11. The van der Waals surface area contributed by atoms with Crippen LogP contribution in [0.5, 0.6) is 0 Å². The molecule has 2 aromatic rings. The van der Waals surface area contributed by atoms with E-state index in [1.807, 2.05) is 4.90 Å². The normalized spacial score (nSPS) is 13.8. The highest BCUT2D eigenvalue weighted by molar-refractivity contribution is 7.89. The Kier molecular flexibility index (Phi) is 8.85. The van der Waals surface area contributed by atoms with Crippen molar-refractivity contribution in [1.29, 1.82) is 0 Å². The zero-order valence-electron chi connectivity index (χ0n) is 20.4. The molecule has 0 N–H and O–H groups in total. The minimum absolute atomic E-state index is 0.0100. The molecule has 0 unspecified atom stereocenters. The van der Waals surface area contributed by atoms with Gasteiger partial charge in [-0.15, -0.1) is 0 Å². The molecule has 3 rings (SSSR count). The second-order valence-electron chi connectivity index (χ2n) is 8.41. The number of likely N-dealkylation sites (N-methyl/N-ethyl adjacent to an activating group) is 1. The molecule has 1 amide bonds. The molecule has 1 fully saturated rings. The summed E-state index contributed by atoms with van der Waals surface area (Å²) in [6, 6.07) is 10.3. The van der Waals surface area contributed by atoms with Gasteiger partial charge in [-0.1, -0.05) is 26.0 Å². The van der Waals surface area contributed by atoms with Crippen molar-refractivity contribution in [3.8, 4) is 0 Å². The first-order chi connectivity index (χ1) is 16.7. The van der Waals surface area contributed by atoms with Crippen LogP contribution in [0.4, 0.5) is 10.1 Å². The van der Waals surface area contributed by atoms with E-state index in [0.29, 0.717) is 18.8 Å². The number of carbonyl (C=O) groups excluding carboxylic acids is 2. The number of amides is 1. The van der Waals surface area contributed by atoms with E-state index in [4.69, 9.17) is 4.74 Å². The summed E-state index contributed by atoms with van der Waals surface area (Å²) in [5.41, 5.74) is 1.45. The Bertz CT molecular complexity index is 1140. The van der Waals surface area contributed by atoms with Crippen molar-refractivity contribution in [2.75, 3.05) is 44.7 Å². The van der Waals surface area contributed by atoms with Crippen LogP contribution < -0.4 is 4.90 Å². The topological polar surface area (TPSA) is 87.2 Å². The lowest BCUT2D eigenvalue weighted by atomic mass is 10.1. The first kappa shape index (κ1) is 26.6. The number of hydrogen-bond donors (Lipinski definition) is 0. The standard InChI is InChI=1S/C25H32FN3O5S/c1-4-29(5-2)35(32,33)21-12-13-23(28-14-6-7-15-28)22(16-21)25(31)34-18-24(30)27(3)17-19-8-10-20(26)11-9-19/h8-13,16H,4-7,14-15,17-18H2,1-3H3.